The van der Waals surface area contributed by atoms with Gasteiger partial charge in [0.05, 0.1) is 5.92 Å². The van der Waals surface area contributed by atoms with Crippen molar-refractivity contribution in [2.24, 2.45) is 17.8 Å². The van der Waals surface area contributed by atoms with Crippen molar-refractivity contribution in [1.82, 2.24) is 5.32 Å². The Kier molecular flexibility index (Phi) is 5.15. The molecule has 19 heavy (non-hydrogen) atoms. The summed E-state index contributed by atoms with van der Waals surface area (Å²) in [7, 11) is 0. The molecule has 2 fully saturated rings. The number of nitrogens with one attached hydrogen (secondary N) is 1. The van der Waals surface area contributed by atoms with Crippen LogP contribution in [0.25, 0.3) is 0 Å². The van der Waals surface area contributed by atoms with Gasteiger partial charge in [-0.05, 0) is 44.1 Å². The second-order valence-electron chi connectivity index (χ2n) is 6.59. The highest BCUT2D eigenvalue weighted by atomic mass is 19.4. The van der Waals surface area contributed by atoms with Crippen LogP contribution in [0.2, 0.25) is 0 Å². The molecule has 0 radical (unpaired) electrons. The molecule has 0 aliphatic heterocycles. The van der Waals surface area contributed by atoms with Crippen LogP contribution in [0.3, 0.4) is 0 Å². The van der Waals surface area contributed by atoms with Gasteiger partial charge in [-0.1, -0.05) is 32.6 Å². The number of alkyl halides is 3. The SMILES string of the molecule is CC1CCCC(CNC2CCCCC2C(F)(F)F)C1. The van der Waals surface area contributed by atoms with E-state index < -0.39 is 12.1 Å². The van der Waals surface area contributed by atoms with Crippen molar-refractivity contribution in [3.05, 3.63) is 0 Å². The molecule has 0 saturated heterocycles. The molecular formula is C15H26F3N. The van der Waals surface area contributed by atoms with Crippen molar-refractivity contribution in [1.29, 1.82) is 0 Å². The van der Waals surface area contributed by atoms with Gasteiger partial charge in [0.2, 0.25) is 0 Å². The maximum Gasteiger partial charge on any atom is 0.393 e. The van der Waals surface area contributed by atoms with Crippen LogP contribution in [-0.4, -0.2) is 18.8 Å². The first-order chi connectivity index (χ1) is 8.97. The van der Waals surface area contributed by atoms with E-state index in [4.69, 9.17) is 0 Å². The zero-order chi connectivity index (χ0) is 13.9. The van der Waals surface area contributed by atoms with Gasteiger partial charge in [-0.3, -0.25) is 0 Å². The van der Waals surface area contributed by atoms with Crippen LogP contribution in [0.15, 0.2) is 0 Å². The lowest BCUT2D eigenvalue weighted by Crippen LogP contribution is -2.47. The lowest BCUT2D eigenvalue weighted by molar-refractivity contribution is -0.189. The van der Waals surface area contributed by atoms with Crippen molar-refractivity contribution in [3.63, 3.8) is 0 Å². The third-order valence-electron chi connectivity index (χ3n) is 4.90. The van der Waals surface area contributed by atoms with E-state index in [2.05, 4.69) is 12.2 Å². The normalized spacial score (nSPS) is 37.3. The summed E-state index contributed by atoms with van der Waals surface area (Å²) < 4.78 is 38.9. The molecule has 2 aliphatic rings. The van der Waals surface area contributed by atoms with Crippen LogP contribution < -0.4 is 5.32 Å². The summed E-state index contributed by atoms with van der Waals surface area (Å²) in [5, 5.41) is 3.25. The minimum absolute atomic E-state index is 0.308. The predicted octanol–water partition coefficient (Wildman–Crippen LogP) is 4.52. The molecular weight excluding hydrogens is 251 g/mol. The molecule has 1 nitrogen and oxygen atoms in total. The molecule has 2 saturated carbocycles. The van der Waals surface area contributed by atoms with Gasteiger partial charge in [-0.25, -0.2) is 0 Å². The van der Waals surface area contributed by atoms with Gasteiger partial charge in [0.15, 0.2) is 0 Å². The van der Waals surface area contributed by atoms with Crippen molar-refractivity contribution >= 4 is 0 Å². The number of halogens is 3. The molecule has 0 spiro atoms. The highest BCUT2D eigenvalue weighted by molar-refractivity contribution is 4.86. The van der Waals surface area contributed by atoms with Crippen LogP contribution in [0.1, 0.15) is 58.3 Å². The quantitative estimate of drug-likeness (QED) is 0.799. The molecule has 0 amide bonds. The summed E-state index contributed by atoms with van der Waals surface area (Å²) in [4.78, 5) is 0. The Labute approximate surface area is 114 Å². The molecule has 2 rings (SSSR count). The topological polar surface area (TPSA) is 12.0 Å². The van der Waals surface area contributed by atoms with Gasteiger partial charge >= 0.3 is 6.18 Å². The van der Waals surface area contributed by atoms with E-state index in [1.807, 2.05) is 0 Å². The van der Waals surface area contributed by atoms with Crippen LogP contribution >= 0.6 is 0 Å². The zero-order valence-electron chi connectivity index (χ0n) is 11.8. The van der Waals surface area contributed by atoms with Crippen LogP contribution in [0, 0.1) is 17.8 Å². The number of hydrogen-bond acceptors (Lipinski definition) is 1. The van der Waals surface area contributed by atoms with Gasteiger partial charge in [0.25, 0.3) is 0 Å². The average molecular weight is 277 g/mol. The molecule has 4 heteroatoms. The maximum atomic E-state index is 13.0. The Morgan fingerprint density at radius 3 is 2.42 bits per heavy atom. The van der Waals surface area contributed by atoms with Gasteiger partial charge in [-0.2, -0.15) is 13.2 Å². The largest absolute Gasteiger partial charge is 0.393 e. The second-order valence-corrected chi connectivity index (χ2v) is 6.59. The van der Waals surface area contributed by atoms with Gasteiger partial charge in [-0.15, -0.1) is 0 Å². The van der Waals surface area contributed by atoms with Crippen molar-refractivity contribution in [3.8, 4) is 0 Å². The summed E-state index contributed by atoms with van der Waals surface area (Å²) in [6, 6.07) is -0.342. The minimum Gasteiger partial charge on any atom is -0.313 e. The Balaban J connectivity index is 1.82. The van der Waals surface area contributed by atoms with E-state index in [1.165, 1.54) is 25.7 Å². The first kappa shape index (κ1) is 15.1. The lowest BCUT2D eigenvalue weighted by Gasteiger charge is -2.35. The monoisotopic (exact) mass is 277 g/mol. The summed E-state index contributed by atoms with van der Waals surface area (Å²) in [5.74, 6) is 0.201. The first-order valence-electron chi connectivity index (χ1n) is 7.77. The van der Waals surface area contributed by atoms with Crippen LogP contribution in [-0.2, 0) is 0 Å². The fourth-order valence-electron chi connectivity index (χ4n) is 3.83. The number of rotatable bonds is 3. The van der Waals surface area contributed by atoms with Gasteiger partial charge in [0.1, 0.15) is 0 Å². The summed E-state index contributed by atoms with van der Waals surface area (Å²) >= 11 is 0. The fraction of sp³-hybridized carbons (Fsp3) is 1.00. The molecule has 4 unspecified atom stereocenters. The van der Waals surface area contributed by atoms with Crippen LogP contribution in [0.4, 0.5) is 13.2 Å². The predicted molar refractivity (Wildman–Crippen MR) is 70.9 cm³/mol. The molecule has 112 valence electrons. The first-order valence-corrected chi connectivity index (χ1v) is 7.77. The van der Waals surface area contributed by atoms with E-state index in [1.54, 1.807) is 0 Å². The highest BCUT2D eigenvalue weighted by Crippen LogP contribution is 2.38. The maximum absolute atomic E-state index is 13.0. The molecule has 0 aromatic carbocycles. The van der Waals surface area contributed by atoms with E-state index in [0.29, 0.717) is 18.8 Å². The Morgan fingerprint density at radius 2 is 1.74 bits per heavy atom. The molecule has 2 aliphatic carbocycles. The minimum atomic E-state index is -4.03. The van der Waals surface area contributed by atoms with Crippen molar-refractivity contribution in [2.45, 2.75) is 70.5 Å². The third kappa shape index (κ3) is 4.37. The molecule has 0 bridgehead atoms. The van der Waals surface area contributed by atoms with Crippen molar-refractivity contribution in [2.75, 3.05) is 6.54 Å². The van der Waals surface area contributed by atoms with E-state index in [-0.39, 0.29) is 6.04 Å². The Bertz CT molecular complexity index is 277. The Morgan fingerprint density at radius 1 is 1.00 bits per heavy atom. The van der Waals surface area contributed by atoms with Crippen LogP contribution in [0.5, 0.6) is 0 Å². The standard InChI is InChI=1S/C15H26F3N/c1-11-5-4-6-12(9-11)10-19-14-8-3-2-7-13(14)15(16,17)18/h11-14,19H,2-10H2,1H3. The third-order valence-corrected chi connectivity index (χ3v) is 4.90. The smallest absolute Gasteiger partial charge is 0.313 e. The average Bonchev–Trinajstić information content (AvgIpc) is 2.36. The van der Waals surface area contributed by atoms with Crippen molar-refractivity contribution < 1.29 is 13.2 Å². The van der Waals surface area contributed by atoms with Gasteiger partial charge < -0.3 is 5.32 Å². The number of hydrogen-bond donors (Lipinski definition) is 1. The van der Waals surface area contributed by atoms with E-state index >= 15 is 0 Å². The molecule has 1 N–H and O–H groups in total. The summed E-state index contributed by atoms with van der Waals surface area (Å²) in [5.41, 5.74) is 0. The Hall–Kier alpha value is -0.250. The molecule has 0 aromatic heterocycles. The second kappa shape index (κ2) is 6.47. The lowest BCUT2D eigenvalue weighted by atomic mass is 9.81. The molecule has 0 heterocycles. The highest BCUT2D eigenvalue weighted by Gasteiger charge is 2.45. The fourth-order valence-corrected chi connectivity index (χ4v) is 3.83. The van der Waals surface area contributed by atoms with E-state index in [9.17, 15) is 13.2 Å². The van der Waals surface area contributed by atoms with E-state index in [0.717, 1.165) is 25.3 Å². The zero-order valence-corrected chi connectivity index (χ0v) is 11.8. The summed E-state index contributed by atoms with van der Waals surface area (Å²) in [6.45, 7) is 3.03. The molecule has 4 atom stereocenters. The van der Waals surface area contributed by atoms with Gasteiger partial charge in [0, 0.05) is 6.04 Å². The summed E-state index contributed by atoms with van der Waals surface area (Å²) in [6.07, 6.45) is 3.50. The molecule has 0 aromatic rings.